The highest BCUT2D eigenvalue weighted by Gasteiger charge is 2.35. The van der Waals surface area contributed by atoms with E-state index in [2.05, 4.69) is 4.98 Å². The van der Waals surface area contributed by atoms with Crippen molar-refractivity contribution < 1.29 is 26.5 Å². The molecule has 8 nitrogen and oxygen atoms in total. The normalized spacial score (nSPS) is 18.3. The standard InChI is InChI=1S/C15H15F3N4O4S2/c16-15(17,18)13-8-27-14(20-13)9-2-1-5-21(7-9)11-4-3-10(28(19,25)26)6-12(11)22(23)24/h3-4,6,8-9H,1-2,5,7H2,(H2,19,25,26). The summed E-state index contributed by atoms with van der Waals surface area (Å²) in [4.78, 5) is 15.7. The Labute approximate surface area is 162 Å². The van der Waals surface area contributed by atoms with Crippen LogP contribution in [0, 0.1) is 10.1 Å². The molecule has 0 bridgehead atoms. The maximum absolute atomic E-state index is 12.8. The second kappa shape index (κ2) is 7.29. The van der Waals surface area contributed by atoms with Gasteiger partial charge in [-0.1, -0.05) is 0 Å². The molecule has 28 heavy (non-hydrogen) atoms. The fraction of sp³-hybridized carbons (Fsp3) is 0.400. The maximum Gasteiger partial charge on any atom is 0.434 e. The molecule has 1 unspecified atom stereocenters. The molecule has 1 aromatic heterocycles. The number of nitro benzene ring substituents is 1. The maximum atomic E-state index is 12.8. The van der Waals surface area contributed by atoms with Gasteiger partial charge in [-0.3, -0.25) is 10.1 Å². The number of piperidine rings is 1. The van der Waals surface area contributed by atoms with Crippen molar-refractivity contribution in [3.05, 3.63) is 44.4 Å². The first-order chi connectivity index (χ1) is 13.0. The van der Waals surface area contributed by atoms with Gasteiger partial charge in [-0.25, -0.2) is 18.5 Å². The van der Waals surface area contributed by atoms with Crippen molar-refractivity contribution in [1.29, 1.82) is 0 Å². The number of hydrogen-bond acceptors (Lipinski definition) is 7. The predicted molar refractivity (Wildman–Crippen MR) is 95.8 cm³/mol. The summed E-state index contributed by atoms with van der Waals surface area (Å²) >= 11 is 0.909. The molecule has 1 atom stereocenters. The highest BCUT2D eigenvalue weighted by atomic mass is 32.2. The summed E-state index contributed by atoms with van der Waals surface area (Å²) < 4.78 is 61.3. The summed E-state index contributed by atoms with van der Waals surface area (Å²) in [6, 6.07) is 3.36. The lowest BCUT2D eigenvalue weighted by molar-refractivity contribution is -0.384. The van der Waals surface area contributed by atoms with Gasteiger partial charge in [-0.05, 0) is 25.0 Å². The van der Waals surface area contributed by atoms with Crippen LogP contribution in [0.25, 0.3) is 0 Å². The minimum absolute atomic E-state index is 0.190. The number of nitrogens with two attached hydrogens (primary N) is 1. The van der Waals surface area contributed by atoms with Crippen LogP contribution in [-0.2, 0) is 16.2 Å². The average molecular weight is 436 g/mol. The Kier molecular flexibility index (Phi) is 5.34. The molecular formula is C15H15F3N4O4S2. The van der Waals surface area contributed by atoms with E-state index >= 15 is 0 Å². The second-order valence-corrected chi connectivity index (χ2v) is 8.76. The van der Waals surface area contributed by atoms with Crippen LogP contribution in [0.3, 0.4) is 0 Å². The molecule has 0 saturated carbocycles. The van der Waals surface area contributed by atoms with Crippen LogP contribution < -0.4 is 10.0 Å². The molecule has 152 valence electrons. The molecule has 0 amide bonds. The molecule has 1 aliphatic heterocycles. The molecule has 2 N–H and O–H groups in total. The third-order valence-electron chi connectivity index (χ3n) is 4.40. The fourth-order valence-corrected chi connectivity index (χ4v) is 4.58. The average Bonchev–Trinajstić information content (AvgIpc) is 3.11. The van der Waals surface area contributed by atoms with Gasteiger partial charge in [0.25, 0.3) is 5.69 Å². The molecule has 1 aliphatic rings. The summed E-state index contributed by atoms with van der Waals surface area (Å²) in [7, 11) is -4.11. The number of rotatable bonds is 4. The molecule has 13 heteroatoms. The van der Waals surface area contributed by atoms with Crippen molar-refractivity contribution >= 4 is 32.7 Å². The van der Waals surface area contributed by atoms with Crippen molar-refractivity contribution in [2.45, 2.75) is 29.8 Å². The lowest BCUT2D eigenvalue weighted by atomic mass is 9.98. The van der Waals surface area contributed by atoms with Gasteiger partial charge in [0, 0.05) is 30.5 Å². The number of alkyl halides is 3. The topological polar surface area (TPSA) is 119 Å². The minimum atomic E-state index is -4.52. The molecule has 2 aromatic rings. The third kappa shape index (κ3) is 4.25. The van der Waals surface area contributed by atoms with E-state index in [0.29, 0.717) is 24.4 Å². The largest absolute Gasteiger partial charge is 0.434 e. The Morgan fingerprint density at radius 1 is 1.36 bits per heavy atom. The highest BCUT2D eigenvalue weighted by molar-refractivity contribution is 7.89. The number of halogens is 3. The third-order valence-corrected chi connectivity index (χ3v) is 6.31. The Balaban J connectivity index is 1.90. The Bertz CT molecular complexity index is 1010. The van der Waals surface area contributed by atoms with Crippen LogP contribution in [0.2, 0.25) is 0 Å². The van der Waals surface area contributed by atoms with E-state index in [4.69, 9.17) is 5.14 Å². The van der Waals surface area contributed by atoms with Crippen LogP contribution in [0.4, 0.5) is 24.5 Å². The molecule has 0 spiro atoms. The van der Waals surface area contributed by atoms with Crippen molar-refractivity contribution in [3.8, 4) is 0 Å². The van der Waals surface area contributed by atoms with Crippen LogP contribution in [0.5, 0.6) is 0 Å². The van der Waals surface area contributed by atoms with Crippen molar-refractivity contribution in [3.63, 3.8) is 0 Å². The molecule has 1 fully saturated rings. The molecular weight excluding hydrogens is 421 g/mol. The zero-order valence-electron chi connectivity index (χ0n) is 14.2. The van der Waals surface area contributed by atoms with Gasteiger partial charge in [-0.2, -0.15) is 13.2 Å². The van der Waals surface area contributed by atoms with E-state index in [1.54, 1.807) is 4.90 Å². The first-order valence-electron chi connectivity index (χ1n) is 8.05. The summed E-state index contributed by atoms with van der Waals surface area (Å²) in [5, 5.41) is 17.7. The number of nitro groups is 1. The quantitative estimate of drug-likeness (QED) is 0.581. The number of anilines is 1. The lowest BCUT2D eigenvalue weighted by Gasteiger charge is -2.33. The zero-order valence-corrected chi connectivity index (χ0v) is 15.9. The summed E-state index contributed by atoms with van der Waals surface area (Å²) in [5.74, 6) is -0.313. The Morgan fingerprint density at radius 3 is 2.64 bits per heavy atom. The van der Waals surface area contributed by atoms with E-state index < -0.39 is 32.5 Å². The zero-order chi connectivity index (χ0) is 20.7. The van der Waals surface area contributed by atoms with Crippen LogP contribution in [0.1, 0.15) is 29.5 Å². The van der Waals surface area contributed by atoms with Crippen molar-refractivity contribution in [2.24, 2.45) is 5.14 Å². The van der Waals surface area contributed by atoms with E-state index in [9.17, 15) is 31.7 Å². The van der Waals surface area contributed by atoms with E-state index in [1.165, 1.54) is 12.1 Å². The van der Waals surface area contributed by atoms with Crippen molar-refractivity contribution in [1.82, 2.24) is 4.98 Å². The molecule has 2 heterocycles. The minimum Gasteiger partial charge on any atom is -0.365 e. The van der Waals surface area contributed by atoms with Crippen LogP contribution in [0.15, 0.2) is 28.5 Å². The number of thiazole rings is 1. The number of hydrogen-bond donors (Lipinski definition) is 1. The number of aromatic nitrogens is 1. The van der Waals surface area contributed by atoms with Crippen LogP contribution >= 0.6 is 11.3 Å². The van der Waals surface area contributed by atoms with Gasteiger partial charge in [-0.15, -0.1) is 11.3 Å². The molecule has 3 rings (SSSR count). The number of primary sulfonamides is 1. The van der Waals surface area contributed by atoms with E-state index in [0.717, 1.165) is 22.8 Å². The fourth-order valence-electron chi connectivity index (χ4n) is 3.10. The van der Waals surface area contributed by atoms with E-state index in [-0.39, 0.29) is 23.0 Å². The molecule has 0 radical (unpaired) electrons. The number of sulfonamides is 1. The first kappa shape index (κ1) is 20.5. The van der Waals surface area contributed by atoms with Crippen LogP contribution in [-0.4, -0.2) is 31.4 Å². The lowest BCUT2D eigenvalue weighted by Crippen LogP contribution is -2.34. The first-order valence-corrected chi connectivity index (χ1v) is 10.5. The molecule has 1 saturated heterocycles. The second-order valence-electron chi connectivity index (χ2n) is 6.31. The van der Waals surface area contributed by atoms with Gasteiger partial charge >= 0.3 is 6.18 Å². The summed E-state index contributed by atoms with van der Waals surface area (Å²) in [5.41, 5.74) is -1.19. The van der Waals surface area contributed by atoms with Gasteiger partial charge in [0.2, 0.25) is 10.0 Å². The Hall–Kier alpha value is -2.25. The predicted octanol–water partition coefficient (Wildman–Crippen LogP) is 3.10. The SMILES string of the molecule is NS(=O)(=O)c1ccc(N2CCCC(c3nc(C(F)(F)F)cs3)C2)c([N+](=O)[O-])c1. The van der Waals surface area contributed by atoms with Crippen molar-refractivity contribution in [2.75, 3.05) is 18.0 Å². The van der Waals surface area contributed by atoms with Gasteiger partial charge in [0.1, 0.15) is 5.69 Å². The summed E-state index contributed by atoms with van der Waals surface area (Å²) in [6.45, 7) is 0.684. The van der Waals surface area contributed by atoms with Gasteiger partial charge in [0.15, 0.2) is 5.69 Å². The number of nitrogens with zero attached hydrogens (tertiary/aromatic N) is 3. The highest BCUT2D eigenvalue weighted by Crippen LogP contribution is 2.38. The van der Waals surface area contributed by atoms with Gasteiger partial charge in [0.05, 0.1) is 14.8 Å². The smallest absolute Gasteiger partial charge is 0.365 e. The van der Waals surface area contributed by atoms with Gasteiger partial charge < -0.3 is 4.90 Å². The molecule has 1 aromatic carbocycles. The Morgan fingerprint density at radius 2 is 2.07 bits per heavy atom. The monoisotopic (exact) mass is 436 g/mol. The molecule has 0 aliphatic carbocycles. The summed E-state index contributed by atoms with van der Waals surface area (Å²) in [6.07, 6.45) is -3.32. The van der Waals surface area contributed by atoms with E-state index in [1.807, 2.05) is 0 Å². The number of benzene rings is 1.